The first kappa shape index (κ1) is 33.2. The van der Waals surface area contributed by atoms with Gasteiger partial charge in [0, 0.05) is 33.2 Å². The van der Waals surface area contributed by atoms with Crippen molar-refractivity contribution >= 4 is 27.8 Å². The lowest BCUT2D eigenvalue weighted by Crippen LogP contribution is -2.18. The van der Waals surface area contributed by atoms with Crippen LogP contribution in [0.4, 0.5) is 17.1 Å². The van der Waals surface area contributed by atoms with Gasteiger partial charge in [-0.3, -0.25) is 0 Å². The van der Waals surface area contributed by atoms with E-state index in [-0.39, 0.29) is 16.2 Å². The summed E-state index contributed by atoms with van der Waals surface area (Å²) < 4.78 is 0. The summed E-state index contributed by atoms with van der Waals surface area (Å²) in [6.45, 7) is 14.3. The molecule has 270 valence electrons. The number of hydrogen-bond acceptors (Lipinski definition) is 1. The van der Waals surface area contributed by atoms with Crippen molar-refractivity contribution in [1.82, 2.24) is 0 Å². The Labute approximate surface area is 330 Å². The van der Waals surface area contributed by atoms with Gasteiger partial charge in [0.2, 0.25) is 0 Å². The molecule has 0 saturated heterocycles. The van der Waals surface area contributed by atoms with Crippen molar-refractivity contribution in [3.63, 3.8) is 0 Å². The number of rotatable bonds is 4. The zero-order chi connectivity index (χ0) is 38.1. The lowest BCUT2D eigenvalue weighted by molar-refractivity contribution is 0.659. The van der Waals surface area contributed by atoms with Gasteiger partial charge in [0.05, 0.1) is 5.69 Å². The minimum Gasteiger partial charge on any atom is -0.310 e. The second-order valence-corrected chi connectivity index (χ2v) is 17.8. The molecule has 0 radical (unpaired) electrons. The Morgan fingerprint density at radius 2 is 0.839 bits per heavy atom. The summed E-state index contributed by atoms with van der Waals surface area (Å²) in [6.07, 6.45) is 0. The zero-order valence-electron chi connectivity index (χ0n) is 33.0. The highest BCUT2D eigenvalue weighted by molar-refractivity contribution is 5.97. The molecule has 0 aromatic heterocycles. The predicted octanol–water partition coefficient (Wildman–Crippen LogP) is 14.9. The molecule has 0 fully saturated rings. The van der Waals surface area contributed by atoms with E-state index >= 15 is 0 Å². The van der Waals surface area contributed by atoms with Crippen LogP contribution in [0.25, 0.3) is 55.3 Å². The topological polar surface area (TPSA) is 3.24 Å². The third kappa shape index (κ3) is 4.49. The van der Waals surface area contributed by atoms with Gasteiger partial charge in [-0.25, -0.2) is 0 Å². The molecule has 0 bridgehead atoms. The fraction of sp³-hybridized carbons (Fsp3) is 0.164. The molecular formula is C55H45N. The normalized spacial score (nSPS) is 15.8. The number of benzene rings is 8. The highest BCUT2D eigenvalue weighted by Gasteiger charge is 2.40. The number of fused-ring (bicyclic) bond motifs is 10. The van der Waals surface area contributed by atoms with Gasteiger partial charge in [-0.05, 0) is 126 Å². The van der Waals surface area contributed by atoms with Crippen LogP contribution in [0.2, 0.25) is 0 Å². The summed E-state index contributed by atoms with van der Waals surface area (Å²) in [5, 5.41) is 2.54. The van der Waals surface area contributed by atoms with E-state index in [4.69, 9.17) is 0 Å². The molecule has 1 heteroatoms. The molecule has 3 aliphatic rings. The van der Waals surface area contributed by atoms with Gasteiger partial charge >= 0.3 is 0 Å². The van der Waals surface area contributed by atoms with Crippen molar-refractivity contribution in [2.24, 2.45) is 0 Å². The highest BCUT2D eigenvalue weighted by Crippen LogP contribution is 2.57. The molecule has 0 unspecified atom stereocenters. The first-order valence-electron chi connectivity index (χ1n) is 20.1. The minimum atomic E-state index is -0.115. The van der Waals surface area contributed by atoms with Gasteiger partial charge in [-0.15, -0.1) is 0 Å². The van der Waals surface area contributed by atoms with Crippen molar-refractivity contribution in [3.8, 4) is 44.5 Å². The summed E-state index contributed by atoms with van der Waals surface area (Å²) in [6, 6.07) is 62.0. The van der Waals surface area contributed by atoms with Crippen LogP contribution in [0, 0.1) is 0 Å². The average molecular weight is 720 g/mol. The Hall–Kier alpha value is -6.18. The summed E-state index contributed by atoms with van der Waals surface area (Å²) in [5.41, 5.74) is 22.0. The number of nitrogens with zero attached hydrogens (tertiary/aromatic N) is 1. The Kier molecular flexibility index (Phi) is 6.77. The lowest BCUT2D eigenvalue weighted by atomic mass is 9.82. The molecule has 0 aliphatic heterocycles. The predicted molar refractivity (Wildman–Crippen MR) is 237 cm³/mol. The Morgan fingerprint density at radius 1 is 0.321 bits per heavy atom. The maximum Gasteiger partial charge on any atom is 0.0543 e. The van der Waals surface area contributed by atoms with Crippen molar-refractivity contribution in [3.05, 3.63) is 197 Å². The van der Waals surface area contributed by atoms with E-state index in [1.165, 1.54) is 106 Å². The van der Waals surface area contributed by atoms with Crippen LogP contribution in [0.3, 0.4) is 0 Å². The maximum absolute atomic E-state index is 2.55. The van der Waals surface area contributed by atoms with E-state index in [1.807, 2.05) is 0 Å². The van der Waals surface area contributed by atoms with E-state index in [1.54, 1.807) is 0 Å². The van der Waals surface area contributed by atoms with Gasteiger partial charge in [0.25, 0.3) is 0 Å². The van der Waals surface area contributed by atoms with Crippen molar-refractivity contribution in [2.45, 2.75) is 57.8 Å². The second kappa shape index (κ2) is 11.4. The molecule has 8 aromatic carbocycles. The molecule has 3 aliphatic carbocycles. The van der Waals surface area contributed by atoms with Crippen LogP contribution in [-0.4, -0.2) is 0 Å². The quantitative estimate of drug-likeness (QED) is 0.175. The molecule has 11 rings (SSSR count). The van der Waals surface area contributed by atoms with Gasteiger partial charge in [-0.2, -0.15) is 0 Å². The molecule has 8 aromatic rings. The van der Waals surface area contributed by atoms with E-state index in [0.717, 1.165) is 0 Å². The molecular weight excluding hydrogens is 675 g/mol. The Bertz CT molecular complexity index is 2950. The average Bonchev–Trinajstić information content (AvgIpc) is 3.70. The van der Waals surface area contributed by atoms with Gasteiger partial charge in [0.15, 0.2) is 0 Å². The first-order valence-corrected chi connectivity index (χ1v) is 20.1. The first-order chi connectivity index (χ1) is 27.0. The fourth-order valence-corrected chi connectivity index (χ4v) is 10.6. The second-order valence-electron chi connectivity index (χ2n) is 17.8. The minimum absolute atomic E-state index is 0.102. The van der Waals surface area contributed by atoms with Crippen LogP contribution >= 0.6 is 0 Å². The van der Waals surface area contributed by atoms with Crippen LogP contribution in [0.15, 0.2) is 164 Å². The van der Waals surface area contributed by atoms with Crippen LogP contribution < -0.4 is 4.90 Å². The van der Waals surface area contributed by atoms with Gasteiger partial charge in [-0.1, -0.05) is 163 Å². The molecule has 0 N–H and O–H groups in total. The smallest absolute Gasteiger partial charge is 0.0543 e. The van der Waals surface area contributed by atoms with Crippen LogP contribution in [-0.2, 0) is 16.2 Å². The SMILES string of the molecule is CC1(C)c2ccc(-c3ccc4ccccc4c3)cc2-c2cc(N(c3ccc4c(c3)C(C)(C)c3ccccc3-4)c3cccc4c3-c3ccccc3C4(C)C)ccc21. The molecule has 0 amide bonds. The fourth-order valence-electron chi connectivity index (χ4n) is 10.6. The summed E-state index contributed by atoms with van der Waals surface area (Å²) >= 11 is 0. The lowest BCUT2D eigenvalue weighted by Gasteiger charge is -2.31. The highest BCUT2D eigenvalue weighted by atomic mass is 15.1. The molecule has 0 spiro atoms. The third-order valence-electron chi connectivity index (χ3n) is 13.7. The zero-order valence-corrected chi connectivity index (χ0v) is 33.0. The molecule has 1 nitrogen and oxygen atoms in total. The van der Waals surface area contributed by atoms with Crippen molar-refractivity contribution < 1.29 is 0 Å². The number of anilines is 3. The van der Waals surface area contributed by atoms with Gasteiger partial charge in [0.1, 0.15) is 0 Å². The van der Waals surface area contributed by atoms with E-state index in [9.17, 15) is 0 Å². The molecule has 0 atom stereocenters. The monoisotopic (exact) mass is 719 g/mol. The van der Waals surface area contributed by atoms with E-state index < -0.39 is 0 Å². The molecule has 56 heavy (non-hydrogen) atoms. The van der Waals surface area contributed by atoms with Crippen LogP contribution in [0.1, 0.15) is 74.9 Å². The van der Waals surface area contributed by atoms with E-state index in [0.29, 0.717) is 0 Å². The van der Waals surface area contributed by atoms with Crippen molar-refractivity contribution in [1.29, 1.82) is 0 Å². The van der Waals surface area contributed by atoms with Crippen molar-refractivity contribution in [2.75, 3.05) is 4.90 Å². The standard InChI is InChI=1S/C55H45N/c1-53(2)47-28-24-37(36-23-22-34-14-7-8-15-35(34)30-36)31-43(47)44-32-38(26-29-48(44)53)56(39-25-27-41-40-16-9-11-18-45(40)55(5,6)50(41)33-39)51-21-13-20-49-52(51)42-17-10-12-19-46(42)54(49,3)4/h7-33H,1-6H3. The van der Waals surface area contributed by atoms with E-state index in [2.05, 4.69) is 210 Å². The Balaban J connectivity index is 1.13. The number of hydrogen-bond donors (Lipinski definition) is 0. The van der Waals surface area contributed by atoms with Gasteiger partial charge < -0.3 is 4.90 Å². The summed E-state index contributed by atoms with van der Waals surface area (Å²) in [4.78, 5) is 2.55. The summed E-state index contributed by atoms with van der Waals surface area (Å²) in [5.74, 6) is 0. The molecule has 0 saturated carbocycles. The third-order valence-corrected chi connectivity index (χ3v) is 13.7. The molecule has 0 heterocycles. The summed E-state index contributed by atoms with van der Waals surface area (Å²) in [7, 11) is 0. The van der Waals surface area contributed by atoms with Crippen LogP contribution in [0.5, 0.6) is 0 Å². The maximum atomic E-state index is 2.55. The Morgan fingerprint density at radius 3 is 1.64 bits per heavy atom. The largest absolute Gasteiger partial charge is 0.310 e.